The van der Waals surface area contributed by atoms with E-state index in [1.54, 1.807) is 0 Å². The lowest BCUT2D eigenvalue weighted by molar-refractivity contribution is 0.127. The molecule has 19 heavy (non-hydrogen) atoms. The lowest BCUT2D eigenvalue weighted by Crippen LogP contribution is -2.23. The van der Waals surface area contributed by atoms with Gasteiger partial charge < -0.3 is 4.43 Å². The second-order valence-electron chi connectivity index (χ2n) is 6.42. The Labute approximate surface area is 127 Å². The van der Waals surface area contributed by atoms with Crippen LogP contribution in [0.4, 0.5) is 0 Å². The molecule has 1 rings (SSSR count). The third-order valence-electron chi connectivity index (χ3n) is 3.50. The van der Waals surface area contributed by atoms with Crippen molar-refractivity contribution < 1.29 is 4.43 Å². The molecule has 0 spiro atoms. The molecule has 0 amide bonds. The molecular weight excluding hydrogens is 318 g/mol. The molecule has 0 aliphatic rings. The third-order valence-corrected chi connectivity index (χ3v) is 4.73. The van der Waals surface area contributed by atoms with Gasteiger partial charge in [-0.05, 0) is 58.9 Å². The van der Waals surface area contributed by atoms with E-state index in [9.17, 15) is 0 Å². The first-order chi connectivity index (χ1) is 8.70. The Morgan fingerprint density at radius 2 is 1.95 bits per heavy atom. The number of hydrogen-bond acceptors (Lipinski definition) is 2. The summed E-state index contributed by atoms with van der Waals surface area (Å²) in [6.07, 6.45) is 2.99. The van der Waals surface area contributed by atoms with Crippen molar-refractivity contribution in [3.63, 3.8) is 0 Å². The summed E-state index contributed by atoms with van der Waals surface area (Å²) in [6, 6.07) is 4.10. The maximum Gasteiger partial charge on any atom is 0.205 e. The van der Waals surface area contributed by atoms with Crippen LogP contribution in [0, 0.1) is 11.3 Å². The Balaban J connectivity index is 2.86. The first kappa shape index (κ1) is 16.9. The number of halogens is 1. The molecule has 0 saturated heterocycles. The molecule has 0 aliphatic heterocycles. The number of aromatic nitrogens is 1. The van der Waals surface area contributed by atoms with Crippen molar-refractivity contribution in [1.82, 2.24) is 4.98 Å². The van der Waals surface area contributed by atoms with Crippen LogP contribution < -0.4 is 0 Å². The molecule has 1 heterocycles. The third kappa shape index (κ3) is 5.75. The molecule has 0 N–H and O–H groups in total. The van der Waals surface area contributed by atoms with Crippen LogP contribution >= 0.6 is 15.9 Å². The van der Waals surface area contributed by atoms with Gasteiger partial charge in [-0.2, -0.15) is 0 Å². The Kier molecular flexibility index (Phi) is 6.21. The van der Waals surface area contributed by atoms with Gasteiger partial charge in [0, 0.05) is 10.7 Å². The molecule has 0 fully saturated rings. The second kappa shape index (κ2) is 7.00. The van der Waals surface area contributed by atoms with Crippen LogP contribution in [0.1, 0.15) is 45.9 Å². The molecule has 0 aliphatic carbocycles. The molecule has 107 valence electrons. The van der Waals surface area contributed by atoms with E-state index in [0.717, 1.165) is 16.6 Å². The van der Waals surface area contributed by atoms with Crippen LogP contribution in [-0.4, -0.2) is 14.0 Å². The highest BCUT2D eigenvalue weighted by Gasteiger charge is 2.26. The normalized spacial score (nSPS) is 15.6. The summed E-state index contributed by atoms with van der Waals surface area (Å²) in [7, 11) is -0.732. The zero-order valence-electron chi connectivity index (χ0n) is 12.8. The van der Waals surface area contributed by atoms with Gasteiger partial charge in [-0.15, -0.1) is 0 Å². The van der Waals surface area contributed by atoms with Gasteiger partial charge in [-0.25, -0.2) is 0 Å². The van der Waals surface area contributed by atoms with E-state index in [1.165, 1.54) is 0 Å². The van der Waals surface area contributed by atoms with Gasteiger partial charge in [0.2, 0.25) is 9.04 Å². The average molecular weight is 343 g/mol. The fourth-order valence-electron chi connectivity index (χ4n) is 1.77. The Morgan fingerprint density at radius 1 is 1.32 bits per heavy atom. The monoisotopic (exact) mass is 342 g/mol. The summed E-state index contributed by atoms with van der Waals surface area (Å²) in [5, 5.41) is 0. The minimum atomic E-state index is -0.732. The van der Waals surface area contributed by atoms with E-state index < -0.39 is 9.04 Å². The van der Waals surface area contributed by atoms with Gasteiger partial charge in [0.25, 0.3) is 0 Å². The smallest absolute Gasteiger partial charge is 0.205 e. The summed E-state index contributed by atoms with van der Waals surface area (Å²) in [6.45, 7) is 13.5. The van der Waals surface area contributed by atoms with Gasteiger partial charge in [0.15, 0.2) is 0 Å². The molecular formula is C15H25BrNOSi. The van der Waals surface area contributed by atoms with Crippen molar-refractivity contribution in [2.75, 3.05) is 0 Å². The zero-order valence-corrected chi connectivity index (χ0v) is 15.4. The van der Waals surface area contributed by atoms with Crippen LogP contribution in [0.25, 0.3) is 0 Å². The van der Waals surface area contributed by atoms with Gasteiger partial charge >= 0.3 is 0 Å². The minimum Gasteiger partial charge on any atom is -0.409 e. The molecule has 1 aromatic heterocycles. The molecule has 2 nitrogen and oxygen atoms in total. The van der Waals surface area contributed by atoms with Crippen LogP contribution in [-0.2, 0) is 4.43 Å². The fourth-order valence-corrected chi connectivity index (χ4v) is 2.79. The molecule has 1 aromatic rings. The number of pyridine rings is 1. The van der Waals surface area contributed by atoms with Crippen molar-refractivity contribution in [3.05, 3.63) is 28.5 Å². The SMILES string of the molecule is CC(CC(O[Si](C)C)c1ccc(Br)cn1)C(C)(C)C. The van der Waals surface area contributed by atoms with E-state index in [4.69, 9.17) is 4.43 Å². The predicted molar refractivity (Wildman–Crippen MR) is 86.5 cm³/mol. The van der Waals surface area contributed by atoms with Crippen molar-refractivity contribution in [1.29, 1.82) is 0 Å². The standard InChI is InChI=1S/C15H25BrNOSi/c1-11(15(2,3)4)9-14(18-19(5)6)13-8-7-12(16)10-17-13/h7-8,10-11,14H,9H2,1-6H3. The molecule has 1 radical (unpaired) electrons. The second-order valence-corrected chi connectivity index (χ2v) is 9.39. The van der Waals surface area contributed by atoms with Gasteiger partial charge in [0.05, 0.1) is 11.8 Å². The minimum absolute atomic E-state index is 0.117. The van der Waals surface area contributed by atoms with Crippen molar-refractivity contribution in [3.8, 4) is 0 Å². The number of hydrogen-bond donors (Lipinski definition) is 0. The first-order valence-electron chi connectivity index (χ1n) is 6.78. The fraction of sp³-hybridized carbons (Fsp3) is 0.667. The van der Waals surface area contributed by atoms with Crippen LogP contribution in [0.3, 0.4) is 0 Å². The molecule has 0 saturated carbocycles. The predicted octanol–water partition coefficient (Wildman–Crippen LogP) is 5.23. The lowest BCUT2D eigenvalue weighted by Gasteiger charge is -2.31. The Morgan fingerprint density at radius 3 is 2.37 bits per heavy atom. The molecule has 0 aromatic carbocycles. The molecule has 2 atom stereocenters. The first-order valence-corrected chi connectivity index (χ1v) is 9.98. The maximum atomic E-state index is 6.17. The van der Waals surface area contributed by atoms with Gasteiger partial charge in [-0.1, -0.05) is 27.7 Å². The van der Waals surface area contributed by atoms with Crippen molar-refractivity contribution in [2.45, 2.75) is 53.3 Å². The molecule has 2 unspecified atom stereocenters. The van der Waals surface area contributed by atoms with E-state index in [1.807, 2.05) is 12.3 Å². The Hall–Kier alpha value is -0.193. The lowest BCUT2D eigenvalue weighted by atomic mass is 9.78. The van der Waals surface area contributed by atoms with E-state index in [-0.39, 0.29) is 6.10 Å². The summed E-state index contributed by atoms with van der Waals surface area (Å²) < 4.78 is 7.18. The van der Waals surface area contributed by atoms with Crippen molar-refractivity contribution in [2.24, 2.45) is 11.3 Å². The highest BCUT2D eigenvalue weighted by Crippen LogP contribution is 2.34. The van der Waals surface area contributed by atoms with Gasteiger partial charge in [-0.3, -0.25) is 4.98 Å². The Bertz CT molecular complexity index is 386. The van der Waals surface area contributed by atoms with Crippen LogP contribution in [0.15, 0.2) is 22.8 Å². The zero-order chi connectivity index (χ0) is 14.6. The largest absolute Gasteiger partial charge is 0.409 e. The highest BCUT2D eigenvalue weighted by atomic mass is 79.9. The van der Waals surface area contributed by atoms with Gasteiger partial charge in [0.1, 0.15) is 0 Å². The quantitative estimate of drug-likeness (QED) is 0.684. The summed E-state index contributed by atoms with van der Waals surface area (Å²) in [4.78, 5) is 4.51. The molecule has 0 bridgehead atoms. The van der Waals surface area contributed by atoms with E-state index in [2.05, 4.69) is 67.8 Å². The van der Waals surface area contributed by atoms with E-state index in [0.29, 0.717) is 11.3 Å². The topological polar surface area (TPSA) is 22.1 Å². The summed E-state index contributed by atoms with van der Waals surface area (Å²) in [5.74, 6) is 0.587. The van der Waals surface area contributed by atoms with Crippen molar-refractivity contribution >= 4 is 25.0 Å². The average Bonchev–Trinajstić information content (AvgIpc) is 2.27. The summed E-state index contributed by atoms with van der Waals surface area (Å²) in [5.41, 5.74) is 1.34. The summed E-state index contributed by atoms with van der Waals surface area (Å²) >= 11 is 3.43. The number of nitrogens with zero attached hydrogens (tertiary/aromatic N) is 1. The maximum absolute atomic E-state index is 6.17. The van der Waals surface area contributed by atoms with Crippen LogP contribution in [0.2, 0.25) is 13.1 Å². The number of rotatable bonds is 5. The molecule has 4 heteroatoms. The highest BCUT2D eigenvalue weighted by molar-refractivity contribution is 9.10. The van der Waals surface area contributed by atoms with Crippen LogP contribution in [0.5, 0.6) is 0 Å². The van der Waals surface area contributed by atoms with E-state index >= 15 is 0 Å².